The summed E-state index contributed by atoms with van der Waals surface area (Å²) in [7, 11) is 4.02. The molecule has 0 aromatic carbocycles. The highest BCUT2D eigenvalue weighted by Gasteiger charge is 2.28. The van der Waals surface area contributed by atoms with Crippen LogP contribution in [0.4, 0.5) is 5.82 Å². The van der Waals surface area contributed by atoms with Gasteiger partial charge in [-0.15, -0.1) is 5.10 Å². The average Bonchev–Trinajstić information content (AvgIpc) is 3.27. The zero-order valence-corrected chi connectivity index (χ0v) is 19.4. The molecule has 9 nitrogen and oxygen atoms in total. The first-order valence-corrected chi connectivity index (χ1v) is 11.9. The summed E-state index contributed by atoms with van der Waals surface area (Å²) in [6, 6.07) is 3.87. The van der Waals surface area contributed by atoms with E-state index < -0.39 is 0 Å². The molecule has 9 heteroatoms. The molecule has 1 N–H and O–H groups in total. The summed E-state index contributed by atoms with van der Waals surface area (Å²) >= 11 is 0. The van der Waals surface area contributed by atoms with Crippen molar-refractivity contribution >= 4 is 22.5 Å². The second-order valence-electron chi connectivity index (χ2n) is 9.57. The van der Waals surface area contributed by atoms with E-state index in [0.29, 0.717) is 11.7 Å². The number of pyridine rings is 2. The van der Waals surface area contributed by atoms with E-state index in [9.17, 15) is 4.79 Å². The number of fused-ring (bicyclic) bond motifs is 1. The van der Waals surface area contributed by atoms with Crippen LogP contribution in [-0.4, -0.2) is 80.4 Å². The van der Waals surface area contributed by atoms with Gasteiger partial charge in [0.25, 0.3) is 0 Å². The molecule has 0 bridgehead atoms. The number of rotatable bonds is 5. The maximum Gasteiger partial charge on any atom is 0.228 e. The number of amides is 1. The topological polar surface area (TPSA) is 92.1 Å². The first kappa shape index (κ1) is 21.9. The lowest BCUT2D eigenvalue weighted by molar-refractivity contribution is -0.121. The van der Waals surface area contributed by atoms with Crippen LogP contribution in [0.25, 0.3) is 22.2 Å². The molecule has 2 aliphatic rings. The average molecular weight is 449 g/mol. The van der Waals surface area contributed by atoms with Gasteiger partial charge in [0.05, 0.1) is 11.9 Å². The summed E-state index contributed by atoms with van der Waals surface area (Å²) in [6.07, 6.45) is 9.53. The van der Waals surface area contributed by atoms with Crippen LogP contribution in [0.2, 0.25) is 0 Å². The molecule has 1 amide bonds. The van der Waals surface area contributed by atoms with Crippen LogP contribution >= 0.6 is 0 Å². The minimum absolute atomic E-state index is 0.0684. The molecule has 0 radical (unpaired) electrons. The lowest BCUT2D eigenvalue weighted by Crippen LogP contribution is -2.46. The summed E-state index contributed by atoms with van der Waals surface area (Å²) in [5, 5.41) is 13.0. The van der Waals surface area contributed by atoms with Gasteiger partial charge in [-0.1, -0.05) is 5.21 Å². The van der Waals surface area contributed by atoms with E-state index in [0.717, 1.165) is 60.9 Å². The molecule has 1 saturated heterocycles. The van der Waals surface area contributed by atoms with Crippen LogP contribution in [0.5, 0.6) is 0 Å². The summed E-state index contributed by atoms with van der Waals surface area (Å²) in [5.74, 6) is 1.45. The molecular formula is C24H32N8O. The molecule has 33 heavy (non-hydrogen) atoms. The van der Waals surface area contributed by atoms with Crippen molar-refractivity contribution in [3.63, 3.8) is 0 Å². The molecule has 0 spiro atoms. The number of likely N-dealkylation sites (N-methyl/N-ethyl adjacent to an activating group) is 1. The third-order valence-electron chi connectivity index (χ3n) is 7.05. The van der Waals surface area contributed by atoms with Gasteiger partial charge in [-0.05, 0) is 56.2 Å². The Morgan fingerprint density at radius 2 is 1.73 bits per heavy atom. The standard InChI is InChI=1S/C24H32N8O/c1-30-7-9-32(10-8-30)15-17-3-5-18(6-4-17)24(33)27-23-12-19-11-21(22-16-31(2)29-28-22)25-13-20(19)14-26-23/h11-14,16-18H,3-10,15H2,1-2H3,(H,26,27,33). The summed E-state index contributed by atoms with van der Waals surface area (Å²) in [4.78, 5) is 26.8. The van der Waals surface area contributed by atoms with Crippen molar-refractivity contribution in [2.75, 3.05) is 45.1 Å². The Labute approximate surface area is 194 Å². The minimum atomic E-state index is 0.0684. The third kappa shape index (κ3) is 5.20. The Balaban J connectivity index is 1.18. The number of carbonyl (C=O) groups excluding carboxylic acids is 1. The van der Waals surface area contributed by atoms with Crippen LogP contribution in [0.1, 0.15) is 25.7 Å². The molecule has 2 fully saturated rings. The number of nitrogens with one attached hydrogen (secondary N) is 1. The zero-order valence-electron chi connectivity index (χ0n) is 19.4. The van der Waals surface area contributed by atoms with Gasteiger partial charge in [0, 0.05) is 63.5 Å². The molecule has 5 rings (SSSR count). The number of nitrogens with zero attached hydrogens (tertiary/aromatic N) is 7. The van der Waals surface area contributed by atoms with Gasteiger partial charge in [-0.25, -0.2) is 4.98 Å². The third-order valence-corrected chi connectivity index (χ3v) is 7.05. The van der Waals surface area contributed by atoms with E-state index in [1.54, 1.807) is 17.1 Å². The SMILES string of the molecule is CN1CCN(CC2CCC(C(=O)Nc3cc4cc(-c5cn(C)nn5)ncc4cn3)CC2)CC1. The molecule has 0 atom stereocenters. The number of anilines is 1. The Morgan fingerprint density at radius 1 is 0.970 bits per heavy atom. The molecule has 3 aromatic heterocycles. The number of hydrogen-bond acceptors (Lipinski definition) is 7. The summed E-state index contributed by atoms with van der Waals surface area (Å²) in [5.41, 5.74) is 1.47. The Bertz CT molecular complexity index is 1110. The van der Waals surface area contributed by atoms with Crippen molar-refractivity contribution in [1.29, 1.82) is 0 Å². The van der Waals surface area contributed by atoms with E-state index in [-0.39, 0.29) is 11.8 Å². The fourth-order valence-electron chi connectivity index (χ4n) is 4.94. The minimum Gasteiger partial charge on any atom is -0.310 e. The van der Waals surface area contributed by atoms with Crippen LogP contribution in [0.3, 0.4) is 0 Å². The highest BCUT2D eigenvalue weighted by Crippen LogP contribution is 2.31. The number of carbonyl (C=O) groups is 1. The zero-order chi connectivity index (χ0) is 22.8. The molecule has 174 valence electrons. The van der Waals surface area contributed by atoms with E-state index in [1.807, 2.05) is 25.4 Å². The van der Waals surface area contributed by atoms with Gasteiger partial charge >= 0.3 is 0 Å². The molecule has 1 saturated carbocycles. The van der Waals surface area contributed by atoms with Crippen LogP contribution < -0.4 is 5.32 Å². The lowest BCUT2D eigenvalue weighted by Gasteiger charge is -2.36. The smallest absolute Gasteiger partial charge is 0.228 e. The molecule has 4 heterocycles. The Kier molecular flexibility index (Phi) is 6.32. The maximum atomic E-state index is 12.9. The summed E-state index contributed by atoms with van der Waals surface area (Å²) in [6.45, 7) is 5.83. The fraction of sp³-hybridized carbons (Fsp3) is 0.542. The van der Waals surface area contributed by atoms with Crippen molar-refractivity contribution in [3.8, 4) is 11.4 Å². The predicted molar refractivity (Wildman–Crippen MR) is 128 cm³/mol. The molecule has 3 aromatic rings. The molecular weight excluding hydrogens is 416 g/mol. The predicted octanol–water partition coefficient (Wildman–Crippen LogP) is 2.42. The second-order valence-corrected chi connectivity index (χ2v) is 9.57. The van der Waals surface area contributed by atoms with Crippen molar-refractivity contribution in [2.24, 2.45) is 18.9 Å². The first-order chi connectivity index (χ1) is 16.0. The lowest BCUT2D eigenvalue weighted by atomic mass is 9.81. The number of aryl methyl sites for hydroxylation is 1. The van der Waals surface area contributed by atoms with Crippen LogP contribution in [0.15, 0.2) is 30.7 Å². The van der Waals surface area contributed by atoms with Gasteiger partial charge < -0.3 is 15.1 Å². The number of piperazine rings is 1. The van der Waals surface area contributed by atoms with Gasteiger partial charge in [0.1, 0.15) is 11.5 Å². The molecule has 0 unspecified atom stereocenters. The first-order valence-electron chi connectivity index (χ1n) is 11.9. The maximum absolute atomic E-state index is 12.9. The van der Waals surface area contributed by atoms with Crippen molar-refractivity contribution in [2.45, 2.75) is 25.7 Å². The van der Waals surface area contributed by atoms with Gasteiger partial charge in [-0.3, -0.25) is 14.5 Å². The van der Waals surface area contributed by atoms with E-state index in [1.165, 1.54) is 19.6 Å². The van der Waals surface area contributed by atoms with E-state index in [4.69, 9.17) is 0 Å². The van der Waals surface area contributed by atoms with E-state index in [2.05, 4.69) is 42.4 Å². The van der Waals surface area contributed by atoms with Crippen LogP contribution in [0, 0.1) is 11.8 Å². The Hall–Kier alpha value is -2.91. The van der Waals surface area contributed by atoms with Gasteiger partial charge in [-0.2, -0.15) is 0 Å². The quantitative estimate of drug-likeness (QED) is 0.641. The molecule has 1 aliphatic heterocycles. The normalized spacial score (nSPS) is 22.5. The van der Waals surface area contributed by atoms with Gasteiger partial charge in [0.2, 0.25) is 5.91 Å². The van der Waals surface area contributed by atoms with Crippen molar-refractivity contribution in [3.05, 3.63) is 30.7 Å². The van der Waals surface area contributed by atoms with Crippen molar-refractivity contribution in [1.82, 2.24) is 34.8 Å². The number of hydrogen-bond donors (Lipinski definition) is 1. The number of aromatic nitrogens is 5. The highest BCUT2D eigenvalue weighted by molar-refractivity contribution is 5.94. The fourth-order valence-corrected chi connectivity index (χ4v) is 4.94. The largest absolute Gasteiger partial charge is 0.310 e. The van der Waals surface area contributed by atoms with Crippen molar-refractivity contribution < 1.29 is 4.79 Å². The Morgan fingerprint density at radius 3 is 2.45 bits per heavy atom. The second kappa shape index (κ2) is 9.52. The summed E-state index contributed by atoms with van der Waals surface area (Å²) < 4.78 is 1.65. The highest BCUT2D eigenvalue weighted by atomic mass is 16.1. The van der Waals surface area contributed by atoms with Crippen LogP contribution in [-0.2, 0) is 11.8 Å². The van der Waals surface area contributed by atoms with E-state index >= 15 is 0 Å². The monoisotopic (exact) mass is 448 g/mol. The molecule has 1 aliphatic carbocycles. The van der Waals surface area contributed by atoms with Gasteiger partial charge in [0.15, 0.2) is 0 Å².